The minimum atomic E-state index is -0.621. The van der Waals surface area contributed by atoms with Gasteiger partial charge in [-0.15, -0.1) is 0 Å². The number of carbonyl (C=O) groups is 1. The molecule has 7 heteroatoms. The van der Waals surface area contributed by atoms with Gasteiger partial charge >= 0.3 is 0 Å². The Morgan fingerprint density at radius 2 is 2.13 bits per heavy atom. The first-order valence-electron chi connectivity index (χ1n) is 7.05. The molecule has 1 atom stereocenters. The number of likely N-dealkylation sites (tertiary alicyclic amines) is 1. The molecule has 0 unspecified atom stereocenters. The molecule has 120 valence electrons. The van der Waals surface area contributed by atoms with Crippen LogP contribution in [0.5, 0.6) is 5.75 Å². The van der Waals surface area contributed by atoms with Crippen molar-refractivity contribution in [3.05, 3.63) is 58.1 Å². The average Bonchev–Trinajstić information content (AvgIpc) is 2.98. The van der Waals surface area contributed by atoms with Gasteiger partial charge in [0.25, 0.3) is 5.91 Å². The van der Waals surface area contributed by atoms with Crippen molar-refractivity contribution in [2.75, 3.05) is 13.1 Å². The maximum absolute atomic E-state index is 13.9. The second-order valence-corrected chi connectivity index (χ2v) is 6.00. The predicted octanol–water partition coefficient (Wildman–Crippen LogP) is 3.82. The molecule has 1 aromatic heterocycles. The fraction of sp³-hybridized carbons (Fsp3) is 0.250. The van der Waals surface area contributed by atoms with Gasteiger partial charge in [0, 0.05) is 31.4 Å². The van der Waals surface area contributed by atoms with Crippen LogP contribution in [-0.4, -0.2) is 35.0 Å². The molecule has 2 aromatic rings. The van der Waals surface area contributed by atoms with E-state index in [9.17, 15) is 9.18 Å². The average molecular weight is 355 g/mol. The zero-order valence-electron chi connectivity index (χ0n) is 12.0. The van der Waals surface area contributed by atoms with Crippen molar-refractivity contribution >= 4 is 29.1 Å². The zero-order valence-corrected chi connectivity index (χ0v) is 13.5. The SMILES string of the molecule is O=C(c1c(F)cccc1Cl)N1CC[C@@H](Oc2ccncc2Cl)C1. The van der Waals surface area contributed by atoms with Gasteiger partial charge in [-0.2, -0.15) is 0 Å². The molecule has 0 spiro atoms. The lowest BCUT2D eigenvalue weighted by Crippen LogP contribution is -2.31. The first-order chi connectivity index (χ1) is 11.1. The van der Waals surface area contributed by atoms with E-state index >= 15 is 0 Å². The number of carbonyl (C=O) groups excluding carboxylic acids is 1. The van der Waals surface area contributed by atoms with E-state index in [0.717, 1.165) is 0 Å². The van der Waals surface area contributed by atoms with Gasteiger partial charge in [-0.25, -0.2) is 4.39 Å². The van der Waals surface area contributed by atoms with Gasteiger partial charge in [0.1, 0.15) is 22.7 Å². The number of hydrogen-bond donors (Lipinski definition) is 0. The Morgan fingerprint density at radius 1 is 1.30 bits per heavy atom. The molecular formula is C16H13Cl2FN2O2. The molecule has 1 amide bonds. The Balaban J connectivity index is 1.70. The Bertz CT molecular complexity index is 722. The summed E-state index contributed by atoms with van der Waals surface area (Å²) in [5.74, 6) is -0.533. The van der Waals surface area contributed by atoms with Crippen LogP contribution in [-0.2, 0) is 0 Å². The summed E-state index contributed by atoms with van der Waals surface area (Å²) >= 11 is 12.0. The van der Waals surface area contributed by atoms with E-state index in [4.69, 9.17) is 27.9 Å². The van der Waals surface area contributed by atoms with E-state index in [0.29, 0.717) is 30.3 Å². The fourth-order valence-corrected chi connectivity index (χ4v) is 2.91. The quantitative estimate of drug-likeness (QED) is 0.841. The first kappa shape index (κ1) is 16.0. The Kier molecular flexibility index (Phi) is 4.68. The topological polar surface area (TPSA) is 42.4 Å². The number of aromatic nitrogens is 1. The van der Waals surface area contributed by atoms with Crippen LogP contribution in [0.25, 0.3) is 0 Å². The van der Waals surface area contributed by atoms with Crippen molar-refractivity contribution in [3.8, 4) is 5.75 Å². The van der Waals surface area contributed by atoms with Crippen LogP contribution >= 0.6 is 23.2 Å². The monoisotopic (exact) mass is 354 g/mol. The second kappa shape index (κ2) is 6.72. The highest BCUT2D eigenvalue weighted by atomic mass is 35.5. The summed E-state index contributed by atoms with van der Waals surface area (Å²) in [7, 11) is 0. The molecule has 3 rings (SSSR count). The smallest absolute Gasteiger partial charge is 0.258 e. The lowest BCUT2D eigenvalue weighted by Gasteiger charge is -2.18. The minimum absolute atomic E-state index is 0.100. The van der Waals surface area contributed by atoms with Crippen LogP contribution in [0.3, 0.4) is 0 Å². The molecule has 4 nitrogen and oxygen atoms in total. The van der Waals surface area contributed by atoms with Gasteiger partial charge in [0.05, 0.1) is 17.1 Å². The highest BCUT2D eigenvalue weighted by Crippen LogP contribution is 2.27. The van der Waals surface area contributed by atoms with Gasteiger partial charge in [-0.3, -0.25) is 9.78 Å². The van der Waals surface area contributed by atoms with Crippen molar-refractivity contribution in [1.29, 1.82) is 0 Å². The molecule has 0 radical (unpaired) electrons. The zero-order chi connectivity index (χ0) is 16.4. The van der Waals surface area contributed by atoms with Gasteiger partial charge in [-0.05, 0) is 12.1 Å². The molecule has 1 aliphatic heterocycles. The summed E-state index contributed by atoms with van der Waals surface area (Å²) in [5, 5.41) is 0.519. The van der Waals surface area contributed by atoms with Crippen molar-refractivity contribution in [2.24, 2.45) is 0 Å². The van der Waals surface area contributed by atoms with E-state index in [-0.39, 0.29) is 16.7 Å². The van der Waals surface area contributed by atoms with Gasteiger partial charge in [0.2, 0.25) is 0 Å². The molecule has 0 N–H and O–H groups in total. The minimum Gasteiger partial charge on any atom is -0.487 e. The first-order valence-corrected chi connectivity index (χ1v) is 7.81. The molecule has 0 saturated carbocycles. The van der Waals surface area contributed by atoms with Crippen molar-refractivity contribution < 1.29 is 13.9 Å². The lowest BCUT2D eigenvalue weighted by molar-refractivity contribution is 0.0768. The number of nitrogens with zero attached hydrogens (tertiary/aromatic N) is 2. The van der Waals surface area contributed by atoms with Crippen molar-refractivity contribution in [2.45, 2.75) is 12.5 Å². The summed E-state index contributed by atoms with van der Waals surface area (Å²) < 4.78 is 19.7. The highest BCUT2D eigenvalue weighted by Gasteiger charge is 2.31. The maximum Gasteiger partial charge on any atom is 0.258 e. The van der Waals surface area contributed by atoms with Crippen LogP contribution in [0.4, 0.5) is 4.39 Å². The molecule has 0 aliphatic carbocycles. The van der Waals surface area contributed by atoms with Gasteiger partial charge in [-0.1, -0.05) is 29.3 Å². The van der Waals surface area contributed by atoms with Crippen LogP contribution < -0.4 is 4.74 Å². The lowest BCUT2D eigenvalue weighted by atomic mass is 10.2. The fourth-order valence-electron chi connectivity index (χ4n) is 2.51. The van der Waals surface area contributed by atoms with Crippen molar-refractivity contribution in [3.63, 3.8) is 0 Å². The molecule has 0 bridgehead atoms. The van der Waals surface area contributed by atoms with E-state index in [1.54, 1.807) is 12.3 Å². The third-order valence-corrected chi connectivity index (χ3v) is 4.24. The van der Waals surface area contributed by atoms with Crippen LogP contribution in [0.1, 0.15) is 16.8 Å². The molecule has 2 heterocycles. The number of benzene rings is 1. The Hall–Kier alpha value is -1.85. The molecule has 1 aliphatic rings. The summed E-state index contributed by atoms with van der Waals surface area (Å²) in [5.41, 5.74) is -0.100. The standard InChI is InChI=1S/C16H13Cl2FN2O2/c17-11-2-1-3-13(19)15(11)16(22)21-7-5-10(9-21)23-14-4-6-20-8-12(14)18/h1-4,6,8,10H,5,7,9H2/t10-/m1/s1. The molecule has 23 heavy (non-hydrogen) atoms. The number of halogens is 3. The Labute approximate surface area is 142 Å². The van der Waals surface area contributed by atoms with Crippen LogP contribution in [0, 0.1) is 5.82 Å². The highest BCUT2D eigenvalue weighted by molar-refractivity contribution is 6.33. The Morgan fingerprint density at radius 3 is 2.87 bits per heavy atom. The van der Waals surface area contributed by atoms with E-state index in [2.05, 4.69) is 4.98 Å². The summed E-state index contributed by atoms with van der Waals surface area (Å²) in [6.07, 6.45) is 3.51. The second-order valence-electron chi connectivity index (χ2n) is 5.18. The maximum atomic E-state index is 13.9. The number of amides is 1. The van der Waals surface area contributed by atoms with E-state index < -0.39 is 11.7 Å². The third-order valence-electron chi connectivity index (χ3n) is 3.64. The normalized spacial score (nSPS) is 17.3. The van der Waals surface area contributed by atoms with E-state index in [1.165, 1.54) is 29.3 Å². The number of rotatable bonds is 3. The van der Waals surface area contributed by atoms with Crippen LogP contribution in [0.15, 0.2) is 36.7 Å². The molecule has 1 saturated heterocycles. The third kappa shape index (κ3) is 3.41. The summed E-state index contributed by atoms with van der Waals surface area (Å²) in [6, 6.07) is 5.86. The van der Waals surface area contributed by atoms with Crippen LogP contribution in [0.2, 0.25) is 10.0 Å². The summed E-state index contributed by atoms with van der Waals surface area (Å²) in [6.45, 7) is 0.818. The largest absolute Gasteiger partial charge is 0.487 e. The van der Waals surface area contributed by atoms with Gasteiger partial charge in [0.15, 0.2) is 0 Å². The summed E-state index contributed by atoms with van der Waals surface area (Å²) in [4.78, 5) is 17.9. The molecule has 1 fully saturated rings. The van der Waals surface area contributed by atoms with E-state index in [1.807, 2.05) is 0 Å². The number of hydrogen-bond acceptors (Lipinski definition) is 3. The van der Waals surface area contributed by atoms with Crippen molar-refractivity contribution in [1.82, 2.24) is 9.88 Å². The number of ether oxygens (including phenoxy) is 1. The predicted molar refractivity (Wildman–Crippen MR) is 85.6 cm³/mol. The number of pyridine rings is 1. The molecule has 1 aromatic carbocycles. The van der Waals surface area contributed by atoms with Gasteiger partial charge < -0.3 is 9.64 Å². The molecular weight excluding hydrogens is 342 g/mol.